The third kappa shape index (κ3) is 1.28. The van der Waals surface area contributed by atoms with Crippen molar-refractivity contribution in [2.24, 2.45) is 0 Å². The predicted molar refractivity (Wildman–Crippen MR) is 49.6 cm³/mol. The lowest BCUT2D eigenvalue weighted by Gasteiger charge is -1.97. The minimum Gasteiger partial charge on any atom is -0.384 e. The van der Waals surface area contributed by atoms with E-state index in [-0.39, 0.29) is 0 Å². The molecule has 0 unspecified atom stereocenters. The lowest BCUT2D eigenvalue weighted by molar-refractivity contribution is 0.788. The van der Waals surface area contributed by atoms with E-state index in [9.17, 15) is 0 Å². The van der Waals surface area contributed by atoms with Crippen LogP contribution in [0.15, 0.2) is 12.3 Å². The number of rotatable bonds is 1. The van der Waals surface area contributed by atoms with Crippen LogP contribution in [-0.2, 0) is 0 Å². The van der Waals surface area contributed by atoms with Crippen molar-refractivity contribution >= 4 is 5.82 Å². The highest BCUT2D eigenvalue weighted by atomic mass is 15.4. The number of aryl methyl sites for hydroxylation is 2. The molecule has 0 spiro atoms. The zero-order valence-corrected chi connectivity index (χ0v) is 7.57. The first-order valence-corrected chi connectivity index (χ1v) is 4.01. The van der Waals surface area contributed by atoms with Gasteiger partial charge in [-0.15, -0.1) is 0 Å². The van der Waals surface area contributed by atoms with Crippen molar-refractivity contribution in [3.63, 3.8) is 0 Å². The minimum absolute atomic E-state index is 0.544. The van der Waals surface area contributed by atoms with Crippen LogP contribution in [0.4, 0.5) is 5.82 Å². The number of nitrogens with two attached hydrogens (primary N) is 1. The Bertz CT molecular complexity index is 425. The highest BCUT2D eigenvalue weighted by Crippen LogP contribution is 2.08. The summed E-state index contributed by atoms with van der Waals surface area (Å²) in [6.07, 6.45) is 1.58. The topological polar surface area (TPSA) is 72.5 Å². The molecule has 0 amide bonds. The van der Waals surface area contributed by atoms with Gasteiger partial charge in [0.25, 0.3) is 0 Å². The summed E-state index contributed by atoms with van der Waals surface area (Å²) in [5, 5.41) is 4.26. The lowest BCUT2D eigenvalue weighted by atomic mass is 10.4. The Morgan fingerprint density at radius 1 is 1.46 bits per heavy atom. The number of imidazole rings is 1. The molecule has 0 saturated carbocycles. The molecule has 2 rings (SSSR count). The van der Waals surface area contributed by atoms with Gasteiger partial charge in [-0.3, -0.25) is 0 Å². The number of aromatic amines is 1. The quantitative estimate of drug-likeness (QED) is 0.676. The number of nitrogens with zero attached hydrogens (tertiary/aromatic N) is 3. The van der Waals surface area contributed by atoms with E-state index >= 15 is 0 Å². The molecule has 0 bridgehead atoms. The van der Waals surface area contributed by atoms with Gasteiger partial charge in [-0.2, -0.15) is 5.10 Å². The second-order valence-corrected chi connectivity index (χ2v) is 3.00. The molecule has 3 N–H and O–H groups in total. The molecule has 0 saturated heterocycles. The summed E-state index contributed by atoms with van der Waals surface area (Å²) in [7, 11) is 0. The maximum absolute atomic E-state index is 5.51. The van der Waals surface area contributed by atoms with Crippen LogP contribution < -0.4 is 5.73 Å². The second-order valence-electron chi connectivity index (χ2n) is 3.00. The fourth-order valence-corrected chi connectivity index (χ4v) is 1.28. The van der Waals surface area contributed by atoms with Gasteiger partial charge >= 0.3 is 0 Å². The fourth-order valence-electron chi connectivity index (χ4n) is 1.28. The Hall–Kier alpha value is -1.78. The molecule has 68 valence electrons. The molecule has 0 fully saturated rings. The van der Waals surface area contributed by atoms with Crippen molar-refractivity contribution < 1.29 is 0 Å². The molecule has 2 heterocycles. The number of hydrogen-bond donors (Lipinski definition) is 2. The average molecular weight is 177 g/mol. The van der Waals surface area contributed by atoms with Gasteiger partial charge in [-0.05, 0) is 19.9 Å². The smallest absolute Gasteiger partial charge is 0.229 e. The number of aromatic nitrogens is 4. The Morgan fingerprint density at radius 2 is 2.23 bits per heavy atom. The SMILES string of the molecule is Cc1cc(C)n(-c2ncc(N)[nH]2)n1. The number of nitrogens with one attached hydrogen (secondary N) is 1. The van der Waals surface area contributed by atoms with E-state index in [4.69, 9.17) is 5.73 Å². The molecule has 0 radical (unpaired) electrons. The summed E-state index contributed by atoms with van der Waals surface area (Å²) < 4.78 is 1.73. The third-order valence-corrected chi connectivity index (χ3v) is 1.79. The number of hydrogen-bond acceptors (Lipinski definition) is 3. The van der Waals surface area contributed by atoms with E-state index < -0.39 is 0 Å². The van der Waals surface area contributed by atoms with Crippen molar-refractivity contribution in [1.29, 1.82) is 0 Å². The average Bonchev–Trinajstić information content (AvgIpc) is 2.58. The zero-order chi connectivity index (χ0) is 9.42. The summed E-state index contributed by atoms with van der Waals surface area (Å²) in [6.45, 7) is 3.91. The molecule has 0 atom stereocenters. The standard InChI is InChI=1S/C8H11N5/c1-5-3-6(2)13(12-5)8-10-4-7(9)11-8/h3-4H,9H2,1-2H3,(H,10,11). The normalized spacial score (nSPS) is 10.6. The highest BCUT2D eigenvalue weighted by Gasteiger charge is 2.05. The zero-order valence-electron chi connectivity index (χ0n) is 7.57. The van der Waals surface area contributed by atoms with Gasteiger partial charge in [0.2, 0.25) is 5.95 Å². The molecule has 0 aliphatic rings. The Kier molecular flexibility index (Phi) is 1.58. The molecule has 13 heavy (non-hydrogen) atoms. The largest absolute Gasteiger partial charge is 0.384 e. The van der Waals surface area contributed by atoms with Gasteiger partial charge < -0.3 is 10.7 Å². The van der Waals surface area contributed by atoms with Gasteiger partial charge in [0.1, 0.15) is 5.82 Å². The van der Waals surface area contributed by atoms with Crippen LogP contribution in [0.3, 0.4) is 0 Å². The Balaban J connectivity index is 2.51. The van der Waals surface area contributed by atoms with Crippen LogP contribution >= 0.6 is 0 Å². The van der Waals surface area contributed by atoms with E-state index in [0.717, 1.165) is 11.4 Å². The van der Waals surface area contributed by atoms with Gasteiger partial charge in [0, 0.05) is 5.69 Å². The molecule has 5 nitrogen and oxygen atoms in total. The van der Waals surface area contributed by atoms with Crippen molar-refractivity contribution in [3.05, 3.63) is 23.7 Å². The van der Waals surface area contributed by atoms with Gasteiger partial charge in [-0.1, -0.05) is 0 Å². The molecule has 2 aromatic rings. The number of anilines is 1. The van der Waals surface area contributed by atoms with Crippen LogP contribution in [0.1, 0.15) is 11.4 Å². The van der Waals surface area contributed by atoms with E-state index in [0.29, 0.717) is 11.8 Å². The van der Waals surface area contributed by atoms with Crippen molar-refractivity contribution in [1.82, 2.24) is 19.7 Å². The van der Waals surface area contributed by atoms with Crippen molar-refractivity contribution in [3.8, 4) is 5.95 Å². The van der Waals surface area contributed by atoms with Crippen LogP contribution in [-0.4, -0.2) is 19.7 Å². The summed E-state index contributed by atoms with van der Waals surface area (Å²) in [4.78, 5) is 6.99. The maximum atomic E-state index is 5.51. The first-order chi connectivity index (χ1) is 6.16. The van der Waals surface area contributed by atoms with Crippen LogP contribution in [0.2, 0.25) is 0 Å². The van der Waals surface area contributed by atoms with E-state index in [1.54, 1.807) is 10.9 Å². The van der Waals surface area contributed by atoms with Crippen LogP contribution in [0.25, 0.3) is 5.95 Å². The third-order valence-electron chi connectivity index (χ3n) is 1.79. The number of H-pyrrole nitrogens is 1. The van der Waals surface area contributed by atoms with E-state index in [1.165, 1.54) is 0 Å². The molecule has 0 aliphatic heterocycles. The number of nitrogen functional groups attached to an aromatic ring is 1. The minimum atomic E-state index is 0.544. The van der Waals surface area contributed by atoms with E-state index in [1.807, 2.05) is 19.9 Å². The maximum Gasteiger partial charge on any atom is 0.229 e. The first-order valence-electron chi connectivity index (χ1n) is 4.01. The highest BCUT2D eigenvalue weighted by molar-refractivity contribution is 5.31. The lowest BCUT2D eigenvalue weighted by Crippen LogP contribution is -2.01. The Morgan fingerprint density at radius 3 is 2.69 bits per heavy atom. The first kappa shape index (κ1) is 7.85. The molecular formula is C8H11N5. The molecule has 0 aromatic carbocycles. The van der Waals surface area contributed by atoms with E-state index in [2.05, 4.69) is 15.1 Å². The molecular weight excluding hydrogens is 166 g/mol. The summed E-state index contributed by atoms with van der Waals surface area (Å²) in [5.41, 5.74) is 7.51. The van der Waals surface area contributed by atoms with Gasteiger partial charge in [0.05, 0.1) is 11.9 Å². The van der Waals surface area contributed by atoms with Crippen molar-refractivity contribution in [2.75, 3.05) is 5.73 Å². The summed E-state index contributed by atoms with van der Waals surface area (Å²) >= 11 is 0. The molecule has 0 aliphatic carbocycles. The second kappa shape index (κ2) is 2.62. The van der Waals surface area contributed by atoms with Crippen LogP contribution in [0, 0.1) is 13.8 Å². The molecule has 2 aromatic heterocycles. The van der Waals surface area contributed by atoms with Crippen LogP contribution in [0.5, 0.6) is 0 Å². The molecule has 5 heteroatoms. The summed E-state index contributed by atoms with van der Waals surface area (Å²) in [5.74, 6) is 1.20. The monoisotopic (exact) mass is 177 g/mol. The Labute approximate surface area is 75.6 Å². The fraction of sp³-hybridized carbons (Fsp3) is 0.250. The van der Waals surface area contributed by atoms with Gasteiger partial charge in [-0.25, -0.2) is 9.67 Å². The predicted octanol–water partition coefficient (Wildman–Crippen LogP) is 0.794. The van der Waals surface area contributed by atoms with Crippen molar-refractivity contribution in [2.45, 2.75) is 13.8 Å². The summed E-state index contributed by atoms with van der Waals surface area (Å²) in [6, 6.07) is 1.98. The van der Waals surface area contributed by atoms with Gasteiger partial charge in [0.15, 0.2) is 0 Å².